The molecule has 2 aliphatic rings. The lowest BCUT2D eigenvalue weighted by molar-refractivity contribution is 0.563. The van der Waals surface area contributed by atoms with Gasteiger partial charge in [-0.15, -0.1) is 0 Å². The maximum atomic E-state index is 3.93. The van der Waals surface area contributed by atoms with Crippen molar-refractivity contribution in [3.05, 3.63) is 89.5 Å². The Labute approximate surface area is 170 Å². The molecule has 0 atom stereocenters. The Hall–Kier alpha value is -2.54. The van der Waals surface area contributed by atoms with E-state index in [4.69, 9.17) is 0 Å². The van der Waals surface area contributed by atoms with Crippen molar-refractivity contribution < 1.29 is 0 Å². The molecule has 0 N–H and O–H groups in total. The lowest BCUT2D eigenvalue weighted by Crippen LogP contribution is -2.24. The Morgan fingerprint density at radius 1 is 1.18 bits per heavy atom. The van der Waals surface area contributed by atoms with Crippen LogP contribution in [0.25, 0.3) is 5.57 Å². The highest BCUT2D eigenvalue weighted by Crippen LogP contribution is 2.47. The third-order valence-electron chi connectivity index (χ3n) is 6.30. The fourth-order valence-electron chi connectivity index (χ4n) is 4.70. The summed E-state index contributed by atoms with van der Waals surface area (Å²) in [5, 5.41) is 0. The summed E-state index contributed by atoms with van der Waals surface area (Å²) in [6.07, 6.45) is 11.0. The number of aryl methyl sites for hydroxylation is 1. The average Bonchev–Trinajstić information content (AvgIpc) is 2.98. The number of hydrogen-bond donors (Lipinski definition) is 0. The molecule has 0 aromatic heterocycles. The van der Waals surface area contributed by atoms with Crippen LogP contribution in [0.3, 0.4) is 0 Å². The molecule has 2 aromatic carbocycles. The number of nitrogens with zero attached hydrogens (tertiary/aromatic N) is 1. The van der Waals surface area contributed by atoms with Gasteiger partial charge in [0, 0.05) is 17.9 Å². The minimum atomic E-state index is 0.168. The van der Waals surface area contributed by atoms with Gasteiger partial charge in [0.2, 0.25) is 0 Å². The van der Waals surface area contributed by atoms with Gasteiger partial charge in [0.25, 0.3) is 0 Å². The van der Waals surface area contributed by atoms with Crippen LogP contribution in [0.2, 0.25) is 0 Å². The van der Waals surface area contributed by atoms with Crippen molar-refractivity contribution in [2.75, 3.05) is 11.4 Å². The molecule has 144 valence electrons. The normalized spacial score (nSPS) is 19.5. The lowest BCUT2D eigenvalue weighted by Gasteiger charge is -2.32. The summed E-state index contributed by atoms with van der Waals surface area (Å²) < 4.78 is 0. The number of para-hydroxylation sites is 1. The smallest absolute Gasteiger partial charge is 0.0443 e. The molecule has 0 saturated carbocycles. The van der Waals surface area contributed by atoms with E-state index in [2.05, 4.69) is 86.9 Å². The number of fused-ring (bicyclic) bond motifs is 2. The van der Waals surface area contributed by atoms with E-state index in [0.29, 0.717) is 0 Å². The van der Waals surface area contributed by atoms with Crippen molar-refractivity contribution in [1.82, 2.24) is 0 Å². The highest BCUT2D eigenvalue weighted by molar-refractivity contribution is 5.80. The monoisotopic (exact) mass is 369 g/mol. The number of anilines is 2. The Balaban J connectivity index is 1.74. The SMILES string of the molecule is C=CC(=CC=C1CC(C)(C)c2cc(N3CCCc4ccccc43)ccc21)CC. The second-order valence-corrected chi connectivity index (χ2v) is 8.67. The summed E-state index contributed by atoms with van der Waals surface area (Å²) >= 11 is 0. The second kappa shape index (κ2) is 7.47. The molecule has 4 rings (SSSR count). The highest BCUT2D eigenvalue weighted by Gasteiger charge is 2.33. The summed E-state index contributed by atoms with van der Waals surface area (Å²) in [7, 11) is 0. The van der Waals surface area contributed by atoms with Gasteiger partial charge >= 0.3 is 0 Å². The van der Waals surface area contributed by atoms with Gasteiger partial charge in [-0.3, -0.25) is 0 Å². The fraction of sp³-hybridized carbons (Fsp3) is 0.333. The van der Waals surface area contributed by atoms with Crippen LogP contribution in [0.5, 0.6) is 0 Å². The summed E-state index contributed by atoms with van der Waals surface area (Å²) in [6, 6.07) is 16.0. The van der Waals surface area contributed by atoms with Crippen LogP contribution >= 0.6 is 0 Å². The first kappa shape index (κ1) is 18.8. The van der Waals surface area contributed by atoms with E-state index >= 15 is 0 Å². The zero-order valence-corrected chi connectivity index (χ0v) is 17.5. The molecule has 1 heteroatoms. The van der Waals surface area contributed by atoms with Gasteiger partial charge in [0.1, 0.15) is 0 Å². The van der Waals surface area contributed by atoms with Gasteiger partial charge in [-0.25, -0.2) is 0 Å². The predicted octanol–water partition coefficient (Wildman–Crippen LogP) is 7.36. The Morgan fingerprint density at radius 2 is 2.00 bits per heavy atom. The first-order valence-electron chi connectivity index (χ1n) is 10.6. The molecule has 0 fully saturated rings. The molecular weight excluding hydrogens is 338 g/mol. The average molecular weight is 370 g/mol. The Morgan fingerprint density at radius 3 is 2.79 bits per heavy atom. The van der Waals surface area contributed by atoms with Gasteiger partial charge < -0.3 is 4.90 Å². The zero-order valence-electron chi connectivity index (χ0n) is 17.5. The molecule has 28 heavy (non-hydrogen) atoms. The first-order valence-corrected chi connectivity index (χ1v) is 10.6. The molecule has 1 aliphatic heterocycles. The van der Waals surface area contributed by atoms with Gasteiger partial charge in [-0.1, -0.05) is 69.8 Å². The standard InChI is InChI=1S/C27H31N/c1-5-20(6-2)13-14-22-19-27(3,4)25-18-23(15-16-24(22)25)28-17-9-11-21-10-7-8-12-26(21)28/h5,7-8,10,12-16,18H,1,6,9,11,17,19H2,2-4H3. The molecule has 0 saturated heterocycles. The molecule has 2 aromatic rings. The van der Waals surface area contributed by atoms with Crippen molar-refractivity contribution in [2.45, 2.75) is 51.9 Å². The zero-order chi connectivity index (χ0) is 19.7. The van der Waals surface area contributed by atoms with Crippen LogP contribution in [0, 0.1) is 0 Å². The molecule has 1 heterocycles. The third-order valence-corrected chi connectivity index (χ3v) is 6.30. The molecule has 0 bridgehead atoms. The first-order chi connectivity index (χ1) is 13.5. The second-order valence-electron chi connectivity index (χ2n) is 8.67. The van der Waals surface area contributed by atoms with Crippen molar-refractivity contribution in [1.29, 1.82) is 0 Å². The van der Waals surface area contributed by atoms with Crippen molar-refractivity contribution in [2.24, 2.45) is 0 Å². The van der Waals surface area contributed by atoms with E-state index in [9.17, 15) is 0 Å². The minimum absolute atomic E-state index is 0.168. The summed E-state index contributed by atoms with van der Waals surface area (Å²) in [4.78, 5) is 2.50. The van der Waals surface area contributed by atoms with E-state index in [1.165, 1.54) is 52.1 Å². The summed E-state index contributed by atoms with van der Waals surface area (Å²) in [5.74, 6) is 0. The molecule has 0 unspecified atom stereocenters. The molecule has 0 amide bonds. The predicted molar refractivity (Wildman–Crippen MR) is 122 cm³/mol. The van der Waals surface area contributed by atoms with Gasteiger partial charge in [-0.2, -0.15) is 0 Å². The summed E-state index contributed by atoms with van der Waals surface area (Å²) in [5.41, 5.74) is 9.97. The number of hydrogen-bond acceptors (Lipinski definition) is 1. The third kappa shape index (κ3) is 3.35. The highest BCUT2D eigenvalue weighted by atomic mass is 15.1. The molecular formula is C27H31N. The Bertz CT molecular complexity index is 958. The van der Waals surface area contributed by atoms with Crippen LogP contribution < -0.4 is 4.90 Å². The van der Waals surface area contributed by atoms with Crippen molar-refractivity contribution >= 4 is 16.9 Å². The van der Waals surface area contributed by atoms with Crippen molar-refractivity contribution in [3.63, 3.8) is 0 Å². The molecule has 1 nitrogen and oxygen atoms in total. The molecule has 1 aliphatic carbocycles. The Kier molecular flexibility index (Phi) is 5.02. The van der Waals surface area contributed by atoms with Crippen LogP contribution in [-0.2, 0) is 11.8 Å². The van der Waals surface area contributed by atoms with E-state index in [-0.39, 0.29) is 5.41 Å². The molecule has 0 spiro atoms. The van der Waals surface area contributed by atoms with E-state index < -0.39 is 0 Å². The van der Waals surface area contributed by atoms with Crippen LogP contribution in [0.1, 0.15) is 56.7 Å². The molecule has 0 radical (unpaired) electrons. The number of allylic oxidation sites excluding steroid dienone is 5. The van der Waals surface area contributed by atoms with Crippen LogP contribution in [0.4, 0.5) is 11.4 Å². The van der Waals surface area contributed by atoms with Gasteiger partial charge in [-0.05, 0) is 77.1 Å². The van der Waals surface area contributed by atoms with Gasteiger partial charge in [0.05, 0.1) is 0 Å². The minimum Gasteiger partial charge on any atom is -0.341 e. The fourth-order valence-corrected chi connectivity index (χ4v) is 4.70. The lowest BCUT2D eigenvalue weighted by atomic mass is 9.86. The van der Waals surface area contributed by atoms with E-state index in [0.717, 1.165) is 19.4 Å². The topological polar surface area (TPSA) is 3.24 Å². The maximum absolute atomic E-state index is 3.93. The van der Waals surface area contributed by atoms with Crippen molar-refractivity contribution in [3.8, 4) is 0 Å². The summed E-state index contributed by atoms with van der Waals surface area (Å²) in [6.45, 7) is 12.0. The van der Waals surface area contributed by atoms with Crippen LogP contribution in [-0.4, -0.2) is 6.54 Å². The quantitative estimate of drug-likeness (QED) is 0.509. The largest absolute Gasteiger partial charge is 0.341 e. The van der Waals surface area contributed by atoms with E-state index in [1.54, 1.807) is 0 Å². The number of rotatable bonds is 4. The van der Waals surface area contributed by atoms with Crippen LogP contribution in [0.15, 0.2) is 72.8 Å². The maximum Gasteiger partial charge on any atom is 0.0443 e. The van der Waals surface area contributed by atoms with E-state index in [1.807, 2.05) is 6.08 Å². The van der Waals surface area contributed by atoms with Gasteiger partial charge in [0.15, 0.2) is 0 Å². The number of benzene rings is 2.